The molecule has 1 amide bonds. The Balaban J connectivity index is 1.61. The van der Waals surface area contributed by atoms with E-state index in [2.05, 4.69) is 16.8 Å². The number of rotatable bonds is 3. The Hall–Kier alpha value is -2.52. The summed E-state index contributed by atoms with van der Waals surface area (Å²) in [6.45, 7) is 3.78. The Labute approximate surface area is 188 Å². The van der Waals surface area contributed by atoms with Crippen LogP contribution in [0, 0.1) is 5.82 Å². The maximum atomic E-state index is 14.1. The van der Waals surface area contributed by atoms with Gasteiger partial charge in [0.25, 0.3) is 5.91 Å². The fourth-order valence-corrected chi connectivity index (χ4v) is 4.78. The first-order valence-corrected chi connectivity index (χ1v) is 11.3. The van der Waals surface area contributed by atoms with Gasteiger partial charge in [-0.25, -0.2) is 4.39 Å². The summed E-state index contributed by atoms with van der Waals surface area (Å²) in [5.74, 6) is -0.0882. The van der Waals surface area contributed by atoms with Gasteiger partial charge < -0.3 is 14.7 Å². The van der Waals surface area contributed by atoms with Crippen LogP contribution >= 0.6 is 11.8 Å². The molecule has 0 aromatic heterocycles. The Bertz CT molecular complexity index is 1010. The Morgan fingerprint density at radius 2 is 1.66 bits per heavy atom. The van der Waals surface area contributed by atoms with Crippen molar-refractivity contribution in [2.24, 2.45) is 0 Å². The van der Waals surface area contributed by atoms with E-state index in [9.17, 15) is 22.4 Å². The number of thioether (sulfide) groups is 1. The van der Waals surface area contributed by atoms with Gasteiger partial charge in [0.05, 0.1) is 10.5 Å². The van der Waals surface area contributed by atoms with Gasteiger partial charge in [-0.15, -0.1) is 11.8 Å². The van der Waals surface area contributed by atoms with E-state index in [-0.39, 0.29) is 11.7 Å². The van der Waals surface area contributed by atoms with Crippen LogP contribution < -0.4 is 9.80 Å². The van der Waals surface area contributed by atoms with Crippen LogP contribution in [0.1, 0.15) is 11.1 Å². The number of carbonyl (C=O) groups excluding carboxylic acids is 1. The first-order valence-electron chi connectivity index (χ1n) is 10.3. The fraction of sp³-hybridized carbons (Fsp3) is 0.348. The number of hydrogen-bond donors (Lipinski definition) is 0. The fourth-order valence-electron chi connectivity index (χ4n) is 3.84. The summed E-state index contributed by atoms with van der Waals surface area (Å²) in [5, 5.41) is 0. The van der Waals surface area contributed by atoms with Crippen molar-refractivity contribution in [3.05, 3.63) is 64.3 Å². The van der Waals surface area contributed by atoms with Crippen LogP contribution in [-0.4, -0.2) is 56.3 Å². The number of halogens is 4. The molecule has 0 atom stereocenters. The molecule has 0 saturated carbocycles. The highest BCUT2D eigenvalue weighted by molar-refractivity contribution is 8.04. The summed E-state index contributed by atoms with van der Waals surface area (Å²) in [6, 6.07) is 9.15. The van der Waals surface area contributed by atoms with Crippen molar-refractivity contribution >= 4 is 35.1 Å². The van der Waals surface area contributed by atoms with Crippen molar-refractivity contribution in [2.75, 3.05) is 55.3 Å². The predicted molar refractivity (Wildman–Crippen MR) is 120 cm³/mol. The third kappa shape index (κ3) is 4.94. The zero-order valence-corrected chi connectivity index (χ0v) is 18.3. The molecule has 4 rings (SSSR count). The van der Waals surface area contributed by atoms with Crippen LogP contribution in [0.5, 0.6) is 0 Å². The second-order valence-corrected chi connectivity index (χ2v) is 8.99. The van der Waals surface area contributed by atoms with Crippen molar-refractivity contribution in [1.82, 2.24) is 4.90 Å². The topological polar surface area (TPSA) is 26.8 Å². The molecule has 0 N–H and O–H groups in total. The van der Waals surface area contributed by atoms with E-state index in [1.54, 1.807) is 12.1 Å². The molecule has 2 saturated heterocycles. The standard InChI is InChI=1S/C23H23F4N3OS/c1-28-8-10-29(11-9-28)20-7-4-18(24)14-16(20)15-21-22(31)30(12-13-32-21)19-5-2-17(3-6-19)23(25,26)27/h2-7,14-15H,8-13H2,1H3/b21-15+. The van der Waals surface area contributed by atoms with E-state index in [4.69, 9.17) is 0 Å². The van der Waals surface area contributed by atoms with E-state index < -0.39 is 11.7 Å². The highest BCUT2D eigenvalue weighted by Crippen LogP contribution is 2.34. The van der Waals surface area contributed by atoms with E-state index in [1.165, 1.54) is 40.9 Å². The molecule has 0 radical (unpaired) electrons. The molecule has 2 aliphatic rings. The number of alkyl halides is 3. The zero-order chi connectivity index (χ0) is 22.9. The van der Waals surface area contributed by atoms with Crippen LogP contribution in [0.4, 0.5) is 28.9 Å². The number of anilines is 2. The third-order valence-electron chi connectivity index (χ3n) is 5.65. The van der Waals surface area contributed by atoms with Crippen molar-refractivity contribution in [3.63, 3.8) is 0 Å². The van der Waals surface area contributed by atoms with Gasteiger partial charge in [-0.05, 0) is 55.6 Å². The normalized spacial score (nSPS) is 19.7. The molecule has 0 unspecified atom stereocenters. The lowest BCUT2D eigenvalue weighted by atomic mass is 10.1. The van der Waals surface area contributed by atoms with Crippen LogP contribution in [0.25, 0.3) is 6.08 Å². The van der Waals surface area contributed by atoms with Gasteiger partial charge in [0.15, 0.2) is 0 Å². The summed E-state index contributed by atoms with van der Waals surface area (Å²) >= 11 is 1.37. The molecule has 2 aromatic carbocycles. The monoisotopic (exact) mass is 465 g/mol. The maximum absolute atomic E-state index is 14.1. The lowest BCUT2D eigenvalue weighted by molar-refractivity contribution is -0.137. The first kappa shape index (κ1) is 22.7. The highest BCUT2D eigenvalue weighted by atomic mass is 32.2. The van der Waals surface area contributed by atoms with Crippen molar-refractivity contribution in [3.8, 4) is 0 Å². The summed E-state index contributed by atoms with van der Waals surface area (Å²) < 4.78 is 52.6. The molecule has 2 fully saturated rings. The maximum Gasteiger partial charge on any atom is 0.416 e. The minimum atomic E-state index is -4.43. The van der Waals surface area contributed by atoms with E-state index in [1.807, 2.05) is 0 Å². The number of piperazine rings is 1. The number of nitrogens with zero attached hydrogens (tertiary/aromatic N) is 3. The van der Waals surface area contributed by atoms with Crippen LogP contribution in [-0.2, 0) is 11.0 Å². The zero-order valence-electron chi connectivity index (χ0n) is 17.5. The Kier molecular flexibility index (Phi) is 6.48. The highest BCUT2D eigenvalue weighted by Gasteiger charge is 2.31. The molecule has 2 heterocycles. The third-order valence-corrected chi connectivity index (χ3v) is 6.65. The average Bonchev–Trinajstić information content (AvgIpc) is 2.76. The van der Waals surface area contributed by atoms with Crippen LogP contribution in [0.3, 0.4) is 0 Å². The molecule has 32 heavy (non-hydrogen) atoms. The average molecular weight is 466 g/mol. The summed E-state index contributed by atoms with van der Waals surface area (Å²) in [7, 11) is 2.05. The first-order chi connectivity index (χ1) is 15.2. The minimum absolute atomic E-state index is 0.297. The number of hydrogen-bond acceptors (Lipinski definition) is 4. The molecule has 0 spiro atoms. The van der Waals surface area contributed by atoms with Gasteiger partial charge in [-0.1, -0.05) is 0 Å². The molecule has 2 aliphatic heterocycles. The van der Waals surface area contributed by atoms with Gasteiger partial charge >= 0.3 is 6.18 Å². The van der Waals surface area contributed by atoms with Crippen LogP contribution in [0.15, 0.2) is 47.4 Å². The second-order valence-electron chi connectivity index (χ2n) is 7.85. The quantitative estimate of drug-likeness (QED) is 0.484. The molecular formula is C23H23F4N3OS. The summed E-state index contributed by atoms with van der Waals surface area (Å²) in [4.78, 5) is 19.4. The smallest absolute Gasteiger partial charge is 0.368 e. The molecule has 170 valence electrons. The van der Waals surface area contributed by atoms with Gasteiger partial charge in [0, 0.05) is 55.4 Å². The lowest BCUT2D eigenvalue weighted by Gasteiger charge is -2.35. The van der Waals surface area contributed by atoms with E-state index in [0.717, 1.165) is 44.0 Å². The van der Waals surface area contributed by atoms with Gasteiger partial charge in [0.1, 0.15) is 5.82 Å². The molecule has 4 nitrogen and oxygen atoms in total. The SMILES string of the molecule is CN1CCN(c2ccc(F)cc2/C=C2/SCCN(c3ccc(C(F)(F)F)cc3)C2=O)CC1. The minimum Gasteiger partial charge on any atom is -0.368 e. The lowest BCUT2D eigenvalue weighted by Crippen LogP contribution is -2.44. The molecule has 2 aromatic rings. The van der Waals surface area contributed by atoms with Crippen molar-refractivity contribution in [1.29, 1.82) is 0 Å². The predicted octanol–water partition coefficient (Wildman–Crippen LogP) is 4.72. The van der Waals surface area contributed by atoms with E-state index in [0.29, 0.717) is 28.5 Å². The number of carbonyl (C=O) groups is 1. The largest absolute Gasteiger partial charge is 0.416 e. The Morgan fingerprint density at radius 1 is 0.969 bits per heavy atom. The van der Waals surface area contributed by atoms with Crippen LogP contribution in [0.2, 0.25) is 0 Å². The Morgan fingerprint density at radius 3 is 2.31 bits per heavy atom. The van der Waals surface area contributed by atoms with Crippen molar-refractivity contribution in [2.45, 2.75) is 6.18 Å². The van der Waals surface area contributed by atoms with E-state index >= 15 is 0 Å². The second kappa shape index (κ2) is 9.15. The molecule has 0 bridgehead atoms. The number of amides is 1. The molecule has 0 aliphatic carbocycles. The number of benzene rings is 2. The summed E-state index contributed by atoms with van der Waals surface area (Å²) in [5.41, 5.74) is 1.15. The molecular weight excluding hydrogens is 442 g/mol. The van der Waals surface area contributed by atoms with Gasteiger partial charge in [-0.3, -0.25) is 4.79 Å². The summed E-state index contributed by atoms with van der Waals surface area (Å²) in [6.07, 6.45) is -2.73. The van der Waals surface area contributed by atoms with Crippen molar-refractivity contribution < 1.29 is 22.4 Å². The molecule has 9 heteroatoms. The number of likely N-dealkylation sites (N-methyl/N-ethyl adjacent to an activating group) is 1. The van der Waals surface area contributed by atoms with Gasteiger partial charge in [-0.2, -0.15) is 13.2 Å². The van der Waals surface area contributed by atoms with Gasteiger partial charge in [0.2, 0.25) is 0 Å².